The second kappa shape index (κ2) is 7.00. The van der Waals surface area contributed by atoms with E-state index >= 15 is 0 Å². The van der Waals surface area contributed by atoms with Crippen molar-refractivity contribution in [2.75, 3.05) is 45.8 Å². The number of hydrogen-bond acceptors (Lipinski definition) is 6. The van der Waals surface area contributed by atoms with Crippen molar-refractivity contribution < 1.29 is 9.47 Å². The van der Waals surface area contributed by atoms with Crippen molar-refractivity contribution in [3.8, 4) is 11.5 Å². The number of aromatic nitrogens is 2. The van der Waals surface area contributed by atoms with E-state index < -0.39 is 0 Å². The molecule has 0 aliphatic carbocycles. The van der Waals surface area contributed by atoms with Crippen molar-refractivity contribution in [2.24, 2.45) is 5.92 Å². The highest BCUT2D eigenvalue weighted by Crippen LogP contribution is 2.36. The minimum atomic E-state index is 0.715. The molecular weight excluding hydrogens is 292 g/mol. The fourth-order valence-electron chi connectivity index (χ4n) is 3.27. The maximum absolute atomic E-state index is 5.44. The largest absolute Gasteiger partial charge is 0.493 e. The molecule has 1 N–H and O–H groups in total. The highest BCUT2D eigenvalue weighted by Gasteiger charge is 2.22. The maximum Gasteiger partial charge on any atom is 0.161 e. The number of ether oxygens (including phenoxy) is 2. The fourth-order valence-corrected chi connectivity index (χ4v) is 3.27. The van der Waals surface area contributed by atoms with Crippen LogP contribution in [0.25, 0.3) is 10.8 Å². The number of hydrogen-bond donors (Lipinski definition) is 1. The summed E-state index contributed by atoms with van der Waals surface area (Å²) in [5.74, 6) is 3.12. The zero-order chi connectivity index (χ0) is 16.2. The molecule has 6 heteroatoms. The summed E-state index contributed by atoms with van der Waals surface area (Å²) >= 11 is 0. The molecule has 0 spiro atoms. The first-order valence-corrected chi connectivity index (χ1v) is 8.03. The van der Waals surface area contributed by atoms with Crippen LogP contribution >= 0.6 is 0 Å². The monoisotopic (exact) mass is 316 g/mol. The molecule has 1 saturated heterocycles. The average molecular weight is 316 g/mol. The predicted molar refractivity (Wildman–Crippen MR) is 91.5 cm³/mol. The topological polar surface area (TPSA) is 59.5 Å². The van der Waals surface area contributed by atoms with Gasteiger partial charge in [0.2, 0.25) is 0 Å². The lowest BCUT2D eigenvalue weighted by molar-refractivity contribution is 0.356. The fraction of sp³-hybridized carbons (Fsp3) is 0.529. The zero-order valence-electron chi connectivity index (χ0n) is 14.0. The Morgan fingerprint density at radius 1 is 1.17 bits per heavy atom. The number of piperidine rings is 1. The molecule has 2 aromatic rings. The minimum absolute atomic E-state index is 0.715. The van der Waals surface area contributed by atoms with Crippen molar-refractivity contribution in [2.45, 2.75) is 12.8 Å². The normalized spacial score (nSPS) is 15.9. The van der Waals surface area contributed by atoms with Gasteiger partial charge in [0.05, 0.1) is 20.4 Å². The van der Waals surface area contributed by atoms with E-state index in [9.17, 15) is 0 Å². The van der Waals surface area contributed by atoms with Crippen LogP contribution in [-0.4, -0.2) is 51.1 Å². The van der Waals surface area contributed by atoms with Crippen molar-refractivity contribution in [3.05, 3.63) is 18.3 Å². The first-order valence-electron chi connectivity index (χ1n) is 8.03. The summed E-state index contributed by atoms with van der Waals surface area (Å²) in [7, 11) is 5.31. The third-order valence-electron chi connectivity index (χ3n) is 4.55. The number of nitrogens with one attached hydrogen (secondary N) is 1. The Bertz CT molecular complexity index is 669. The van der Waals surface area contributed by atoms with Crippen LogP contribution in [0.3, 0.4) is 0 Å². The van der Waals surface area contributed by atoms with Crippen molar-refractivity contribution in [1.82, 2.24) is 15.5 Å². The SMILES string of the molecule is CNCC1CCN(c2nncc3cc(OC)c(OC)cc23)CC1. The van der Waals surface area contributed by atoms with Crippen LogP contribution < -0.4 is 19.7 Å². The van der Waals surface area contributed by atoms with E-state index in [0.29, 0.717) is 5.75 Å². The second-order valence-electron chi connectivity index (χ2n) is 5.95. The third-order valence-corrected chi connectivity index (χ3v) is 4.55. The third kappa shape index (κ3) is 3.17. The number of fused-ring (bicyclic) bond motifs is 1. The Morgan fingerprint density at radius 3 is 2.52 bits per heavy atom. The molecule has 3 rings (SSSR count). The van der Waals surface area contributed by atoms with E-state index in [0.717, 1.165) is 47.9 Å². The van der Waals surface area contributed by atoms with E-state index in [1.807, 2.05) is 19.2 Å². The summed E-state index contributed by atoms with van der Waals surface area (Å²) in [4.78, 5) is 2.33. The van der Waals surface area contributed by atoms with Crippen LogP contribution in [0.1, 0.15) is 12.8 Å². The van der Waals surface area contributed by atoms with Crippen molar-refractivity contribution in [3.63, 3.8) is 0 Å². The lowest BCUT2D eigenvalue weighted by Gasteiger charge is -2.33. The smallest absolute Gasteiger partial charge is 0.161 e. The first kappa shape index (κ1) is 15.8. The molecule has 6 nitrogen and oxygen atoms in total. The Balaban J connectivity index is 1.92. The molecule has 124 valence electrons. The molecular formula is C17H24N4O2. The molecule has 1 fully saturated rings. The van der Waals surface area contributed by atoms with Gasteiger partial charge in [-0.25, -0.2) is 0 Å². The van der Waals surface area contributed by atoms with Gasteiger partial charge in [0.15, 0.2) is 17.3 Å². The predicted octanol–water partition coefficient (Wildman–Crippen LogP) is 2.08. The minimum Gasteiger partial charge on any atom is -0.493 e. The van der Waals surface area contributed by atoms with Gasteiger partial charge >= 0.3 is 0 Å². The van der Waals surface area contributed by atoms with E-state index in [-0.39, 0.29) is 0 Å². The molecule has 2 heterocycles. The Hall–Kier alpha value is -2.08. The lowest BCUT2D eigenvalue weighted by Crippen LogP contribution is -2.37. The van der Waals surface area contributed by atoms with Crippen LogP contribution in [0.2, 0.25) is 0 Å². The van der Waals surface area contributed by atoms with Gasteiger partial charge in [-0.1, -0.05) is 0 Å². The molecule has 1 aromatic carbocycles. The van der Waals surface area contributed by atoms with E-state index in [1.54, 1.807) is 20.4 Å². The number of anilines is 1. The van der Waals surface area contributed by atoms with Crippen LogP contribution in [0.4, 0.5) is 5.82 Å². The molecule has 1 aliphatic heterocycles. The lowest BCUT2D eigenvalue weighted by atomic mass is 9.96. The summed E-state index contributed by atoms with van der Waals surface area (Å²) in [6.07, 6.45) is 4.12. The molecule has 1 aromatic heterocycles. The molecule has 0 amide bonds. The molecule has 0 radical (unpaired) electrons. The number of methoxy groups -OCH3 is 2. The molecule has 0 bridgehead atoms. The van der Waals surface area contributed by atoms with Crippen LogP contribution in [0, 0.1) is 5.92 Å². The quantitative estimate of drug-likeness (QED) is 0.911. The Labute approximate surface area is 136 Å². The first-order chi connectivity index (χ1) is 11.3. The average Bonchev–Trinajstić information content (AvgIpc) is 2.61. The van der Waals surface area contributed by atoms with Gasteiger partial charge < -0.3 is 19.7 Å². The van der Waals surface area contributed by atoms with Gasteiger partial charge in [-0.15, -0.1) is 5.10 Å². The van der Waals surface area contributed by atoms with Gasteiger partial charge in [0.1, 0.15) is 0 Å². The standard InChI is InChI=1S/C17H24N4O2/c1-18-10-12-4-6-21(7-5-12)17-14-9-16(23-3)15(22-2)8-13(14)11-19-20-17/h8-9,11-12,18H,4-7,10H2,1-3H3. The Morgan fingerprint density at radius 2 is 1.87 bits per heavy atom. The van der Waals surface area contributed by atoms with Crippen LogP contribution in [0.5, 0.6) is 11.5 Å². The Kier molecular flexibility index (Phi) is 4.81. The number of benzene rings is 1. The zero-order valence-corrected chi connectivity index (χ0v) is 14.0. The van der Waals surface area contributed by atoms with Crippen molar-refractivity contribution in [1.29, 1.82) is 0 Å². The maximum atomic E-state index is 5.44. The summed E-state index contributed by atoms with van der Waals surface area (Å²) < 4.78 is 10.8. The molecule has 0 unspecified atom stereocenters. The number of nitrogens with zero attached hydrogens (tertiary/aromatic N) is 3. The molecule has 0 saturated carbocycles. The van der Waals surface area contributed by atoms with Crippen LogP contribution in [-0.2, 0) is 0 Å². The van der Waals surface area contributed by atoms with Gasteiger partial charge in [0.25, 0.3) is 0 Å². The highest BCUT2D eigenvalue weighted by atomic mass is 16.5. The van der Waals surface area contributed by atoms with Crippen molar-refractivity contribution >= 4 is 16.6 Å². The van der Waals surface area contributed by atoms with Gasteiger partial charge in [-0.05, 0) is 44.5 Å². The molecule has 0 atom stereocenters. The molecule has 23 heavy (non-hydrogen) atoms. The van der Waals surface area contributed by atoms with E-state index in [4.69, 9.17) is 9.47 Å². The van der Waals surface area contributed by atoms with Gasteiger partial charge in [-0.2, -0.15) is 5.10 Å². The van der Waals surface area contributed by atoms with Crippen LogP contribution in [0.15, 0.2) is 18.3 Å². The summed E-state index contributed by atoms with van der Waals surface area (Å²) in [5, 5.41) is 13.9. The second-order valence-corrected chi connectivity index (χ2v) is 5.95. The summed E-state index contributed by atoms with van der Waals surface area (Å²) in [6.45, 7) is 3.10. The highest BCUT2D eigenvalue weighted by molar-refractivity contribution is 5.94. The van der Waals surface area contributed by atoms with E-state index in [1.165, 1.54) is 12.8 Å². The summed E-state index contributed by atoms with van der Waals surface area (Å²) in [6, 6.07) is 3.96. The van der Waals surface area contributed by atoms with Gasteiger partial charge in [0, 0.05) is 23.9 Å². The molecule has 1 aliphatic rings. The number of rotatable bonds is 5. The van der Waals surface area contributed by atoms with E-state index in [2.05, 4.69) is 20.4 Å². The summed E-state index contributed by atoms with van der Waals surface area (Å²) in [5.41, 5.74) is 0. The van der Waals surface area contributed by atoms with Gasteiger partial charge in [-0.3, -0.25) is 0 Å².